The molecular formula is C14H21NO5. The molecule has 0 fully saturated rings. The van der Waals surface area contributed by atoms with Crippen LogP contribution in [-0.2, 0) is 4.79 Å². The van der Waals surface area contributed by atoms with Crippen molar-refractivity contribution in [2.24, 2.45) is 11.7 Å². The molecule has 6 heteroatoms. The number of benzene rings is 1. The number of rotatable bonds is 5. The van der Waals surface area contributed by atoms with Gasteiger partial charge in [-0.25, -0.2) is 0 Å². The van der Waals surface area contributed by atoms with Crippen LogP contribution in [0.4, 0.5) is 0 Å². The quantitative estimate of drug-likeness (QED) is 0.524. The Hall–Kier alpha value is -1.95. The average molecular weight is 283 g/mol. The number of carbonyl (C=O) groups is 1. The molecule has 1 rings (SSSR count). The zero-order valence-corrected chi connectivity index (χ0v) is 11.8. The maximum Gasteiger partial charge on any atom is 0.323 e. The number of aliphatic carboxylic acids is 1. The van der Waals surface area contributed by atoms with Gasteiger partial charge in [-0.15, -0.1) is 0 Å². The van der Waals surface area contributed by atoms with E-state index in [4.69, 9.17) is 10.8 Å². The van der Waals surface area contributed by atoms with Crippen LogP contribution in [0, 0.1) is 5.92 Å². The third-order valence-electron chi connectivity index (χ3n) is 3.74. The summed E-state index contributed by atoms with van der Waals surface area (Å²) < 4.78 is 0. The SMILES string of the molecule is CC(CC(C)(N)C(=O)O)C(C)c1ccc(O)c(O)c1O. The van der Waals surface area contributed by atoms with E-state index in [2.05, 4.69) is 0 Å². The molecule has 3 unspecified atom stereocenters. The fraction of sp³-hybridized carbons (Fsp3) is 0.500. The largest absolute Gasteiger partial charge is 0.504 e. The number of carboxylic acid groups (broad SMARTS) is 1. The van der Waals surface area contributed by atoms with E-state index in [-0.39, 0.29) is 18.3 Å². The van der Waals surface area contributed by atoms with Crippen molar-refractivity contribution >= 4 is 5.97 Å². The van der Waals surface area contributed by atoms with Crippen LogP contribution in [0.3, 0.4) is 0 Å². The van der Waals surface area contributed by atoms with Crippen molar-refractivity contribution in [2.45, 2.75) is 38.6 Å². The summed E-state index contributed by atoms with van der Waals surface area (Å²) in [4.78, 5) is 11.0. The molecule has 0 heterocycles. The monoisotopic (exact) mass is 283 g/mol. The topological polar surface area (TPSA) is 124 Å². The van der Waals surface area contributed by atoms with E-state index in [1.54, 1.807) is 6.92 Å². The molecule has 6 N–H and O–H groups in total. The van der Waals surface area contributed by atoms with Gasteiger partial charge in [0, 0.05) is 5.56 Å². The van der Waals surface area contributed by atoms with E-state index in [9.17, 15) is 20.1 Å². The van der Waals surface area contributed by atoms with Gasteiger partial charge in [0.2, 0.25) is 5.75 Å². The van der Waals surface area contributed by atoms with E-state index in [1.165, 1.54) is 19.1 Å². The van der Waals surface area contributed by atoms with Gasteiger partial charge in [-0.1, -0.05) is 19.9 Å². The Morgan fingerprint density at radius 1 is 1.25 bits per heavy atom. The lowest BCUT2D eigenvalue weighted by Crippen LogP contribution is -2.46. The van der Waals surface area contributed by atoms with Gasteiger partial charge in [0.25, 0.3) is 0 Å². The number of aromatic hydroxyl groups is 3. The number of nitrogens with two attached hydrogens (primary N) is 1. The lowest BCUT2D eigenvalue weighted by atomic mass is 9.80. The second-order valence-electron chi connectivity index (χ2n) is 5.56. The van der Waals surface area contributed by atoms with Crippen LogP contribution >= 0.6 is 0 Å². The molecule has 0 aromatic heterocycles. The Labute approximate surface area is 117 Å². The summed E-state index contributed by atoms with van der Waals surface area (Å²) in [6, 6.07) is 2.78. The van der Waals surface area contributed by atoms with E-state index < -0.39 is 28.8 Å². The molecule has 0 aliphatic rings. The Bertz CT molecular complexity index is 513. The van der Waals surface area contributed by atoms with Gasteiger partial charge < -0.3 is 26.2 Å². The van der Waals surface area contributed by atoms with Gasteiger partial charge in [-0.2, -0.15) is 0 Å². The predicted octanol–water partition coefficient (Wildman–Crippen LogP) is 1.74. The van der Waals surface area contributed by atoms with Crippen molar-refractivity contribution in [3.05, 3.63) is 17.7 Å². The average Bonchev–Trinajstić information content (AvgIpc) is 2.34. The summed E-state index contributed by atoms with van der Waals surface area (Å²) in [5.41, 5.74) is 4.80. The number of phenols is 3. The zero-order valence-electron chi connectivity index (χ0n) is 11.8. The molecule has 0 saturated carbocycles. The Kier molecular flexibility index (Phi) is 4.50. The van der Waals surface area contributed by atoms with Crippen LogP contribution < -0.4 is 5.73 Å². The van der Waals surface area contributed by atoms with E-state index in [1.807, 2.05) is 6.92 Å². The lowest BCUT2D eigenvalue weighted by molar-refractivity contribution is -0.143. The van der Waals surface area contributed by atoms with Crippen LogP contribution in [0.2, 0.25) is 0 Å². The van der Waals surface area contributed by atoms with Gasteiger partial charge in [-0.05, 0) is 31.2 Å². The highest BCUT2D eigenvalue weighted by Gasteiger charge is 2.32. The summed E-state index contributed by atoms with van der Waals surface area (Å²) >= 11 is 0. The Balaban J connectivity index is 2.98. The zero-order chi connectivity index (χ0) is 15.7. The van der Waals surface area contributed by atoms with Crippen molar-refractivity contribution in [1.29, 1.82) is 0 Å². The van der Waals surface area contributed by atoms with Crippen LogP contribution in [0.15, 0.2) is 12.1 Å². The lowest BCUT2D eigenvalue weighted by Gasteiger charge is -2.28. The second-order valence-corrected chi connectivity index (χ2v) is 5.56. The minimum absolute atomic E-state index is 0.143. The molecule has 0 spiro atoms. The van der Waals surface area contributed by atoms with Crippen molar-refractivity contribution in [3.63, 3.8) is 0 Å². The van der Waals surface area contributed by atoms with E-state index >= 15 is 0 Å². The summed E-state index contributed by atoms with van der Waals surface area (Å²) in [6.45, 7) is 5.06. The minimum atomic E-state index is -1.36. The summed E-state index contributed by atoms with van der Waals surface area (Å²) in [6.07, 6.45) is 0.213. The molecule has 0 saturated heterocycles. The summed E-state index contributed by atoms with van der Waals surface area (Å²) in [5, 5.41) is 37.7. The van der Waals surface area contributed by atoms with E-state index in [0.29, 0.717) is 5.56 Å². The van der Waals surface area contributed by atoms with Gasteiger partial charge in [-0.3, -0.25) is 4.79 Å². The molecule has 6 nitrogen and oxygen atoms in total. The molecule has 0 radical (unpaired) electrons. The summed E-state index contributed by atoms with van der Waals surface area (Å²) in [7, 11) is 0. The van der Waals surface area contributed by atoms with Gasteiger partial charge >= 0.3 is 5.97 Å². The normalized spacial score (nSPS) is 17.2. The Morgan fingerprint density at radius 2 is 1.80 bits per heavy atom. The fourth-order valence-corrected chi connectivity index (χ4v) is 2.19. The van der Waals surface area contributed by atoms with E-state index in [0.717, 1.165) is 0 Å². The predicted molar refractivity (Wildman–Crippen MR) is 73.9 cm³/mol. The molecule has 0 aliphatic carbocycles. The molecule has 3 atom stereocenters. The first-order valence-corrected chi connectivity index (χ1v) is 6.34. The third kappa shape index (κ3) is 3.14. The van der Waals surface area contributed by atoms with Crippen molar-refractivity contribution in [2.75, 3.05) is 0 Å². The highest BCUT2D eigenvalue weighted by Crippen LogP contribution is 2.43. The Morgan fingerprint density at radius 3 is 2.30 bits per heavy atom. The van der Waals surface area contributed by atoms with Gasteiger partial charge in [0.05, 0.1) is 0 Å². The first kappa shape index (κ1) is 16.1. The smallest absolute Gasteiger partial charge is 0.323 e. The minimum Gasteiger partial charge on any atom is -0.504 e. The molecule has 0 aliphatic heterocycles. The summed E-state index contributed by atoms with van der Waals surface area (Å²) in [5.74, 6) is -2.83. The molecule has 0 bridgehead atoms. The molecule has 0 amide bonds. The van der Waals surface area contributed by atoms with Crippen LogP contribution in [0.1, 0.15) is 38.7 Å². The molecule has 20 heavy (non-hydrogen) atoms. The second kappa shape index (κ2) is 5.58. The number of carboxylic acids is 1. The van der Waals surface area contributed by atoms with Gasteiger partial charge in [0.15, 0.2) is 11.5 Å². The molecule has 112 valence electrons. The molecule has 1 aromatic carbocycles. The number of phenolic OH excluding ortho intramolecular Hbond substituents is 3. The molecule has 1 aromatic rings. The van der Waals surface area contributed by atoms with Crippen LogP contribution in [0.5, 0.6) is 17.2 Å². The third-order valence-corrected chi connectivity index (χ3v) is 3.74. The number of hydrogen-bond acceptors (Lipinski definition) is 5. The van der Waals surface area contributed by atoms with Crippen molar-refractivity contribution in [3.8, 4) is 17.2 Å². The fourth-order valence-electron chi connectivity index (χ4n) is 2.19. The molecular weight excluding hydrogens is 262 g/mol. The van der Waals surface area contributed by atoms with Crippen LogP contribution in [-0.4, -0.2) is 31.9 Å². The van der Waals surface area contributed by atoms with Crippen molar-refractivity contribution in [1.82, 2.24) is 0 Å². The highest BCUT2D eigenvalue weighted by molar-refractivity contribution is 5.77. The maximum absolute atomic E-state index is 11.0. The van der Waals surface area contributed by atoms with Crippen LogP contribution in [0.25, 0.3) is 0 Å². The van der Waals surface area contributed by atoms with Crippen molar-refractivity contribution < 1.29 is 25.2 Å². The highest BCUT2D eigenvalue weighted by atomic mass is 16.4. The first-order chi connectivity index (χ1) is 9.08. The first-order valence-electron chi connectivity index (χ1n) is 6.34. The standard InChI is InChI=1S/C14H21NO5/c1-7(6-14(3,15)13(19)20)8(2)9-4-5-10(16)12(18)11(9)17/h4-5,7-8,16-18H,6,15H2,1-3H3,(H,19,20). The van der Waals surface area contributed by atoms with Gasteiger partial charge in [0.1, 0.15) is 5.54 Å². The number of hydrogen-bond donors (Lipinski definition) is 5. The maximum atomic E-state index is 11.0.